The van der Waals surface area contributed by atoms with Crippen molar-refractivity contribution in [1.29, 1.82) is 0 Å². The second-order valence-electron chi connectivity index (χ2n) is 14.5. The number of phenols is 1. The number of ether oxygens (including phenoxy) is 1. The Labute approximate surface area is 337 Å². The quantitative estimate of drug-likeness (QED) is 0.0516. The van der Waals surface area contributed by atoms with Crippen LogP contribution in [0.25, 0.3) is 22.0 Å². The number of unbranched alkanes of at least 4 members (excludes halogenated alkanes) is 1. The number of aliphatic hydroxyl groups is 1. The molecule has 0 unspecified atom stereocenters. The Morgan fingerprint density at radius 3 is 2.36 bits per heavy atom. The molecule has 5 aromatic rings. The smallest absolute Gasteiger partial charge is 0.411 e. The summed E-state index contributed by atoms with van der Waals surface area (Å²) in [6.45, 7) is 3.56. The second kappa shape index (κ2) is 20.9. The van der Waals surface area contributed by atoms with Crippen LogP contribution < -0.4 is 26.8 Å². The van der Waals surface area contributed by atoms with Gasteiger partial charge in [-0.25, -0.2) is 4.79 Å². The van der Waals surface area contributed by atoms with E-state index in [1.165, 1.54) is 12.1 Å². The van der Waals surface area contributed by atoms with Crippen LogP contribution >= 0.6 is 0 Å². The fourth-order valence-corrected chi connectivity index (χ4v) is 7.10. The first-order valence-corrected chi connectivity index (χ1v) is 20.0. The molecular formula is C45H52N6O7. The van der Waals surface area contributed by atoms with Crippen LogP contribution in [-0.2, 0) is 20.7 Å². The molecule has 3 amide bonds. The zero-order valence-electron chi connectivity index (χ0n) is 32.5. The maximum atomic E-state index is 12.7. The van der Waals surface area contributed by atoms with Crippen LogP contribution in [-0.4, -0.2) is 83.4 Å². The summed E-state index contributed by atoms with van der Waals surface area (Å²) in [5.74, 6) is -0.148. The van der Waals surface area contributed by atoms with E-state index in [-0.39, 0.29) is 29.2 Å². The summed E-state index contributed by atoms with van der Waals surface area (Å²) in [7, 11) is 0. The molecule has 2 heterocycles. The Morgan fingerprint density at radius 1 is 0.810 bits per heavy atom. The van der Waals surface area contributed by atoms with Crippen molar-refractivity contribution in [2.24, 2.45) is 0 Å². The van der Waals surface area contributed by atoms with Gasteiger partial charge in [-0.1, -0.05) is 66.7 Å². The summed E-state index contributed by atoms with van der Waals surface area (Å²) < 4.78 is 5.73. The summed E-state index contributed by atoms with van der Waals surface area (Å²) in [4.78, 5) is 54.2. The third kappa shape index (κ3) is 12.2. The van der Waals surface area contributed by atoms with Crippen molar-refractivity contribution in [2.45, 2.75) is 57.2 Å². The van der Waals surface area contributed by atoms with Gasteiger partial charge in [0.2, 0.25) is 17.4 Å². The van der Waals surface area contributed by atoms with Gasteiger partial charge in [-0.05, 0) is 85.7 Å². The lowest BCUT2D eigenvalue weighted by atomic mass is 10.0. The number of amides is 3. The molecule has 0 radical (unpaired) electrons. The molecule has 0 bridgehead atoms. The third-order valence-corrected chi connectivity index (χ3v) is 10.3. The summed E-state index contributed by atoms with van der Waals surface area (Å²) in [6.07, 6.45) is 2.75. The van der Waals surface area contributed by atoms with Crippen molar-refractivity contribution in [2.75, 3.05) is 49.9 Å². The number of piperidine rings is 1. The van der Waals surface area contributed by atoms with Gasteiger partial charge in [-0.15, -0.1) is 0 Å². The fourth-order valence-electron chi connectivity index (χ4n) is 7.10. The Hall–Kier alpha value is -6.02. The van der Waals surface area contributed by atoms with E-state index in [0.29, 0.717) is 92.5 Å². The van der Waals surface area contributed by atoms with Crippen LogP contribution in [0.2, 0.25) is 0 Å². The van der Waals surface area contributed by atoms with E-state index >= 15 is 0 Å². The summed E-state index contributed by atoms with van der Waals surface area (Å²) >= 11 is 0. The maximum absolute atomic E-state index is 12.7. The number of hydrogen-bond acceptors (Lipinski definition) is 9. The average Bonchev–Trinajstić information content (AvgIpc) is 3.23. The molecule has 0 aliphatic carbocycles. The molecule has 6 rings (SSSR count). The minimum Gasteiger partial charge on any atom is -0.506 e. The SMILES string of the molecule is O=C(CCN1CCC(OC(=O)Nc2ccccc2-c2ccccc2)CC1)NCCCCC(=O)Nc1ccc(CCNC[C@H](O)c2ccc(O)c3[nH]c(=O)ccc23)cc1. The van der Waals surface area contributed by atoms with Gasteiger partial charge in [-0.3, -0.25) is 19.7 Å². The number of phenolic OH excluding ortho intramolecular Hbond substituents is 1. The van der Waals surface area contributed by atoms with E-state index in [1.807, 2.05) is 78.9 Å². The number of hydrogen-bond donors (Lipinski definition) is 7. The zero-order chi connectivity index (χ0) is 40.7. The van der Waals surface area contributed by atoms with Crippen molar-refractivity contribution in [1.82, 2.24) is 20.5 Å². The average molecular weight is 789 g/mol. The first-order valence-electron chi connectivity index (χ1n) is 20.0. The Kier molecular flexibility index (Phi) is 15.0. The van der Waals surface area contributed by atoms with E-state index in [1.54, 1.807) is 12.1 Å². The van der Waals surface area contributed by atoms with Gasteiger partial charge in [0.1, 0.15) is 11.9 Å². The van der Waals surface area contributed by atoms with E-state index in [9.17, 15) is 29.4 Å². The third-order valence-electron chi connectivity index (χ3n) is 10.3. The zero-order valence-corrected chi connectivity index (χ0v) is 32.5. The fraction of sp³-hybridized carbons (Fsp3) is 0.333. The number of aliphatic hydroxyl groups excluding tert-OH is 1. The molecule has 7 N–H and O–H groups in total. The van der Waals surface area contributed by atoms with E-state index in [0.717, 1.165) is 36.2 Å². The minimum absolute atomic E-state index is 0.0182. The number of para-hydroxylation sites is 1. The highest BCUT2D eigenvalue weighted by molar-refractivity contribution is 5.92. The standard InChI is InChI=1S/C45H52N6O7/c52-39-19-17-36(37-18-20-43(56)50-44(37)39)40(53)30-46-26-21-31-13-15-33(16-14-31)48-42(55)12-6-7-25-47-41(54)24-29-51-27-22-34(23-28-51)58-45(57)49-38-11-5-4-10-35(38)32-8-2-1-3-9-32/h1-5,8-11,13-20,34,40,46,52-53H,6-7,12,21-30H2,(H,47,54)(H,48,55)(H,49,57)(H,50,56)/t40-/m0/s1. The Balaban J connectivity index is 0.786. The number of likely N-dealkylation sites (tertiary alicyclic amines) is 1. The minimum atomic E-state index is -0.830. The molecule has 1 aromatic heterocycles. The molecule has 13 nitrogen and oxygen atoms in total. The Bertz CT molecular complexity index is 2190. The van der Waals surface area contributed by atoms with Crippen molar-refractivity contribution in [3.8, 4) is 16.9 Å². The van der Waals surface area contributed by atoms with Crippen LogP contribution in [0, 0.1) is 0 Å². The molecule has 1 aliphatic rings. The number of aromatic hydroxyl groups is 1. The molecule has 1 saturated heterocycles. The predicted octanol–water partition coefficient (Wildman–Crippen LogP) is 6.09. The van der Waals surface area contributed by atoms with Crippen LogP contribution in [0.15, 0.2) is 108 Å². The molecule has 13 heteroatoms. The van der Waals surface area contributed by atoms with Gasteiger partial charge in [-0.2, -0.15) is 0 Å². The molecule has 0 spiro atoms. The number of benzene rings is 4. The number of H-pyrrole nitrogens is 1. The first-order chi connectivity index (χ1) is 28.2. The molecule has 0 saturated carbocycles. The van der Waals surface area contributed by atoms with E-state index in [2.05, 4.69) is 31.2 Å². The van der Waals surface area contributed by atoms with E-state index in [4.69, 9.17) is 4.74 Å². The number of carbonyl (C=O) groups excluding carboxylic acids is 3. The van der Waals surface area contributed by atoms with Crippen LogP contribution in [0.1, 0.15) is 55.8 Å². The topological polar surface area (TPSA) is 185 Å². The number of rotatable bonds is 18. The van der Waals surface area contributed by atoms with Gasteiger partial charge < -0.3 is 40.8 Å². The predicted molar refractivity (Wildman–Crippen MR) is 226 cm³/mol. The molecule has 1 fully saturated rings. The Morgan fingerprint density at radius 2 is 1.57 bits per heavy atom. The van der Waals surface area contributed by atoms with Crippen molar-refractivity contribution in [3.05, 3.63) is 125 Å². The highest BCUT2D eigenvalue weighted by Gasteiger charge is 2.23. The molecule has 1 aliphatic heterocycles. The highest BCUT2D eigenvalue weighted by atomic mass is 16.6. The summed E-state index contributed by atoms with van der Waals surface area (Å²) in [6, 6.07) is 31.3. The normalized spacial score (nSPS) is 13.8. The lowest BCUT2D eigenvalue weighted by Crippen LogP contribution is -2.40. The largest absolute Gasteiger partial charge is 0.506 e. The van der Waals surface area contributed by atoms with Gasteiger partial charge in [0.05, 0.1) is 17.3 Å². The monoisotopic (exact) mass is 788 g/mol. The molecule has 1 atom stereocenters. The van der Waals surface area contributed by atoms with Gasteiger partial charge in [0.25, 0.3) is 0 Å². The molecule has 58 heavy (non-hydrogen) atoms. The van der Waals surface area contributed by atoms with Gasteiger partial charge in [0, 0.05) is 68.3 Å². The van der Waals surface area contributed by atoms with Crippen molar-refractivity contribution >= 4 is 40.2 Å². The number of carbonyl (C=O) groups is 3. The van der Waals surface area contributed by atoms with Gasteiger partial charge in [0.15, 0.2) is 0 Å². The second-order valence-corrected chi connectivity index (χ2v) is 14.5. The lowest BCUT2D eigenvalue weighted by molar-refractivity contribution is -0.121. The molecule has 4 aromatic carbocycles. The van der Waals surface area contributed by atoms with Gasteiger partial charge >= 0.3 is 6.09 Å². The van der Waals surface area contributed by atoms with Crippen LogP contribution in [0.5, 0.6) is 5.75 Å². The number of aromatic amines is 1. The maximum Gasteiger partial charge on any atom is 0.411 e. The molecular weight excluding hydrogens is 737 g/mol. The van der Waals surface area contributed by atoms with E-state index < -0.39 is 12.2 Å². The van der Waals surface area contributed by atoms with Crippen LogP contribution in [0.4, 0.5) is 16.2 Å². The number of fused-ring (bicyclic) bond motifs is 1. The van der Waals surface area contributed by atoms with Crippen molar-refractivity contribution < 1.29 is 29.3 Å². The summed E-state index contributed by atoms with van der Waals surface area (Å²) in [5.41, 5.74) is 5.02. The summed E-state index contributed by atoms with van der Waals surface area (Å²) in [5, 5.41) is 33.5. The number of nitrogens with zero attached hydrogens (tertiary/aromatic N) is 1. The van der Waals surface area contributed by atoms with Crippen molar-refractivity contribution in [3.63, 3.8) is 0 Å². The van der Waals surface area contributed by atoms with Crippen LogP contribution in [0.3, 0.4) is 0 Å². The number of pyridine rings is 1. The number of aromatic nitrogens is 1. The number of nitrogens with one attached hydrogen (secondary N) is 5. The first kappa shape index (κ1) is 41.6. The lowest BCUT2D eigenvalue weighted by Gasteiger charge is -2.31. The number of anilines is 2. The highest BCUT2D eigenvalue weighted by Crippen LogP contribution is 2.29. The molecule has 304 valence electrons.